The molecule has 0 aliphatic heterocycles. The number of hydrogen-bond donors (Lipinski definition) is 2. The molecule has 3 aromatic rings. The first-order chi connectivity index (χ1) is 10.2. The summed E-state index contributed by atoms with van der Waals surface area (Å²) in [6, 6.07) is 13.3. The maximum atomic E-state index is 12.4. The zero-order valence-corrected chi connectivity index (χ0v) is 11.9. The third kappa shape index (κ3) is 2.60. The van der Waals surface area contributed by atoms with E-state index in [4.69, 9.17) is 4.74 Å². The quantitative estimate of drug-likeness (QED) is 0.768. The number of rotatable bonds is 3. The molecule has 0 atom stereocenters. The van der Waals surface area contributed by atoms with Gasteiger partial charge in [-0.25, -0.2) is 0 Å². The number of ether oxygens (including phenoxy) is 1. The van der Waals surface area contributed by atoms with Gasteiger partial charge in [-0.1, -0.05) is 17.7 Å². The van der Waals surface area contributed by atoms with Gasteiger partial charge in [-0.2, -0.15) is 0 Å². The van der Waals surface area contributed by atoms with Crippen LogP contribution in [0.25, 0.3) is 10.9 Å². The molecular formula is C17H16N2O2. The average Bonchev–Trinajstić information content (AvgIpc) is 2.92. The normalized spacial score (nSPS) is 10.6. The molecule has 0 saturated carbocycles. The molecule has 0 saturated heterocycles. The van der Waals surface area contributed by atoms with Crippen LogP contribution in [0.1, 0.15) is 15.9 Å². The summed E-state index contributed by atoms with van der Waals surface area (Å²) >= 11 is 0. The number of H-pyrrole nitrogens is 1. The number of carbonyl (C=O) groups excluding carboxylic acids is 1. The fourth-order valence-corrected chi connectivity index (χ4v) is 2.25. The van der Waals surface area contributed by atoms with Crippen LogP contribution >= 0.6 is 0 Å². The fraction of sp³-hybridized carbons (Fsp3) is 0.118. The van der Waals surface area contributed by atoms with Gasteiger partial charge in [0, 0.05) is 22.8 Å². The van der Waals surface area contributed by atoms with E-state index in [9.17, 15) is 4.79 Å². The summed E-state index contributed by atoms with van der Waals surface area (Å²) in [5.74, 6) is 0.588. The lowest BCUT2D eigenvalue weighted by Gasteiger charge is -2.05. The highest BCUT2D eigenvalue weighted by atomic mass is 16.5. The van der Waals surface area contributed by atoms with Gasteiger partial charge in [0.1, 0.15) is 5.75 Å². The number of aromatic nitrogens is 1. The summed E-state index contributed by atoms with van der Waals surface area (Å²) in [4.78, 5) is 15.5. The van der Waals surface area contributed by atoms with E-state index in [0.717, 1.165) is 27.9 Å². The Morgan fingerprint density at radius 3 is 2.62 bits per heavy atom. The number of fused-ring (bicyclic) bond motifs is 1. The number of nitrogens with one attached hydrogen (secondary N) is 2. The highest BCUT2D eigenvalue weighted by molar-refractivity contribution is 6.13. The molecule has 21 heavy (non-hydrogen) atoms. The van der Waals surface area contributed by atoms with Crippen LogP contribution in [0.4, 0.5) is 5.69 Å². The lowest BCUT2D eigenvalue weighted by atomic mass is 10.1. The summed E-state index contributed by atoms with van der Waals surface area (Å²) in [5.41, 5.74) is 3.45. The Kier molecular flexibility index (Phi) is 3.36. The molecule has 1 amide bonds. The van der Waals surface area contributed by atoms with Crippen LogP contribution < -0.4 is 10.1 Å². The smallest absolute Gasteiger partial charge is 0.257 e. The van der Waals surface area contributed by atoms with Crippen molar-refractivity contribution in [1.29, 1.82) is 0 Å². The second kappa shape index (κ2) is 5.32. The van der Waals surface area contributed by atoms with Gasteiger partial charge in [0.05, 0.1) is 12.7 Å². The molecule has 0 bridgehead atoms. The molecule has 0 radical (unpaired) electrons. The van der Waals surface area contributed by atoms with Crippen molar-refractivity contribution < 1.29 is 9.53 Å². The number of hydrogen-bond acceptors (Lipinski definition) is 2. The molecule has 4 heteroatoms. The second-order valence-corrected chi connectivity index (χ2v) is 4.93. The largest absolute Gasteiger partial charge is 0.497 e. The molecule has 3 rings (SSSR count). The number of anilines is 1. The van der Waals surface area contributed by atoms with Crippen molar-refractivity contribution in [2.24, 2.45) is 0 Å². The first kappa shape index (κ1) is 13.2. The van der Waals surface area contributed by atoms with Crippen molar-refractivity contribution in [3.63, 3.8) is 0 Å². The van der Waals surface area contributed by atoms with Crippen LogP contribution in [0, 0.1) is 6.92 Å². The standard InChI is InChI=1S/C17H16N2O2/c1-11-3-5-12(6-4-11)19-17(20)15-10-18-16-8-7-13(21-2)9-14(15)16/h3-10,18H,1-2H3,(H,19,20). The zero-order valence-electron chi connectivity index (χ0n) is 11.9. The van der Waals surface area contributed by atoms with E-state index in [0.29, 0.717) is 5.56 Å². The minimum absolute atomic E-state index is 0.140. The second-order valence-electron chi connectivity index (χ2n) is 4.93. The molecule has 2 N–H and O–H groups in total. The molecule has 0 aliphatic carbocycles. The van der Waals surface area contributed by atoms with Gasteiger partial charge >= 0.3 is 0 Å². The minimum Gasteiger partial charge on any atom is -0.497 e. The van der Waals surface area contributed by atoms with Crippen molar-refractivity contribution in [2.45, 2.75) is 6.92 Å². The SMILES string of the molecule is COc1ccc2[nH]cc(C(=O)Nc3ccc(C)cc3)c2c1. The molecule has 0 fully saturated rings. The molecule has 1 heterocycles. The van der Waals surface area contributed by atoms with Crippen LogP contribution in [0.5, 0.6) is 5.75 Å². The summed E-state index contributed by atoms with van der Waals surface area (Å²) in [6.07, 6.45) is 1.72. The Morgan fingerprint density at radius 2 is 1.90 bits per heavy atom. The maximum absolute atomic E-state index is 12.4. The Balaban J connectivity index is 1.92. The lowest BCUT2D eigenvalue weighted by molar-refractivity contribution is 0.102. The van der Waals surface area contributed by atoms with Gasteiger partial charge in [-0.3, -0.25) is 4.79 Å². The Bertz CT molecular complexity index is 788. The van der Waals surface area contributed by atoms with Crippen LogP contribution in [0.3, 0.4) is 0 Å². The van der Waals surface area contributed by atoms with E-state index >= 15 is 0 Å². The number of aromatic amines is 1. The van der Waals surface area contributed by atoms with Gasteiger partial charge in [0.25, 0.3) is 5.91 Å². The number of amides is 1. The number of aryl methyl sites for hydroxylation is 1. The predicted octanol–water partition coefficient (Wildman–Crippen LogP) is 3.74. The molecule has 2 aromatic carbocycles. The summed E-state index contributed by atoms with van der Waals surface area (Å²) in [5, 5.41) is 3.75. The van der Waals surface area contributed by atoms with E-state index in [2.05, 4.69) is 10.3 Å². The predicted molar refractivity (Wildman–Crippen MR) is 84.0 cm³/mol. The molecule has 0 spiro atoms. The van der Waals surface area contributed by atoms with Crippen LogP contribution in [0.2, 0.25) is 0 Å². The van der Waals surface area contributed by atoms with E-state index in [1.54, 1.807) is 13.3 Å². The van der Waals surface area contributed by atoms with Gasteiger partial charge in [-0.05, 0) is 37.3 Å². The molecule has 4 nitrogen and oxygen atoms in total. The third-order valence-electron chi connectivity index (χ3n) is 3.44. The van der Waals surface area contributed by atoms with Crippen LogP contribution in [-0.4, -0.2) is 18.0 Å². The van der Waals surface area contributed by atoms with Crippen molar-refractivity contribution in [1.82, 2.24) is 4.98 Å². The summed E-state index contributed by atoms with van der Waals surface area (Å²) in [6.45, 7) is 2.01. The van der Waals surface area contributed by atoms with Crippen LogP contribution in [-0.2, 0) is 0 Å². The van der Waals surface area contributed by atoms with Crippen molar-refractivity contribution in [2.75, 3.05) is 12.4 Å². The van der Waals surface area contributed by atoms with Crippen molar-refractivity contribution in [3.05, 3.63) is 59.8 Å². The van der Waals surface area contributed by atoms with Crippen molar-refractivity contribution in [3.8, 4) is 5.75 Å². The first-order valence-corrected chi connectivity index (χ1v) is 6.70. The summed E-state index contributed by atoms with van der Waals surface area (Å²) < 4.78 is 5.21. The van der Waals surface area contributed by atoms with Gasteiger partial charge in [0.15, 0.2) is 0 Å². The van der Waals surface area contributed by atoms with E-state index < -0.39 is 0 Å². The Hall–Kier alpha value is -2.75. The molecular weight excluding hydrogens is 264 g/mol. The van der Waals surface area contributed by atoms with Gasteiger partial charge in [0.2, 0.25) is 0 Å². The Morgan fingerprint density at radius 1 is 1.14 bits per heavy atom. The number of benzene rings is 2. The van der Waals surface area contributed by atoms with Gasteiger partial charge < -0.3 is 15.0 Å². The lowest BCUT2D eigenvalue weighted by Crippen LogP contribution is -2.11. The van der Waals surface area contributed by atoms with E-state index in [1.807, 2.05) is 49.4 Å². The topological polar surface area (TPSA) is 54.1 Å². The molecule has 106 valence electrons. The Labute approximate surface area is 122 Å². The van der Waals surface area contributed by atoms with E-state index in [-0.39, 0.29) is 5.91 Å². The first-order valence-electron chi connectivity index (χ1n) is 6.70. The number of carbonyl (C=O) groups is 1. The summed E-state index contributed by atoms with van der Waals surface area (Å²) in [7, 11) is 1.61. The number of methoxy groups -OCH3 is 1. The molecule has 1 aromatic heterocycles. The van der Waals surface area contributed by atoms with Gasteiger partial charge in [-0.15, -0.1) is 0 Å². The van der Waals surface area contributed by atoms with Crippen molar-refractivity contribution >= 4 is 22.5 Å². The monoisotopic (exact) mass is 280 g/mol. The highest BCUT2D eigenvalue weighted by Gasteiger charge is 2.12. The van der Waals surface area contributed by atoms with E-state index in [1.165, 1.54) is 0 Å². The molecule has 0 aliphatic rings. The molecule has 0 unspecified atom stereocenters. The average molecular weight is 280 g/mol. The van der Waals surface area contributed by atoms with Crippen LogP contribution in [0.15, 0.2) is 48.7 Å². The minimum atomic E-state index is -0.140. The fourth-order valence-electron chi connectivity index (χ4n) is 2.25. The highest BCUT2D eigenvalue weighted by Crippen LogP contribution is 2.24. The third-order valence-corrected chi connectivity index (χ3v) is 3.44. The maximum Gasteiger partial charge on any atom is 0.257 e. The zero-order chi connectivity index (χ0) is 14.8.